The van der Waals surface area contributed by atoms with E-state index in [0.717, 1.165) is 29.1 Å². The molecule has 1 fully saturated rings. The molecule has 1 aliphatic heterocycles. The molecular formula is C20H26N6O. The van der Waals surface area contributed by atoms with Crippen LogP contribution in [0.1, 0.15) is 43.8 Å². The van der Waals surface area contributed by atoms with Gasteiger partial charge in [0.1, 0.15) is 11.7 Å². The zero-order valence-corrected chi connectivity index (χ0v) is 16.3. The predicted octanol–water partition coefficient (Wildman–Crippen LogP) is 2.27. The first-order valence-electron chi connectivity index (χ1n) is 9.34. The maximum atomic E-state index is 12.8. The number of pyridine rings is 1. The lowest BCUT2D eigenvalue weighted by atomic mass is 10.1. The highest BCUT2D eigenvalue weighted by Gasteiger charge is 2.35. The molecule has 3 aromatic heterocycles. The third-order valence-electron chi connectivity index (χ3n) is 5.03. The Bertz CT molecular complexity index is 980. The van der Waals surface area contributed by atoms with Gasteiger partial charge in [-0.05, 0) is 39.8 Å². The van der Waals surface area contributed by atoms with E-state index in [9.17, 15) is 4.79 Å². The first-order valence-corrected chi connectivity index (χ1v) is 9.34. The Labute approximate surface area is 159 Å². The van der Waals surface area contributed by atoms with E-state index in [4.69, 9.17) is 0 Å². The summed E-state index contributed by atoms with van der Waals surface area (Å²) in [5.41, 5.74) is 3.74. The van der Waals surface area contributed by atoms with E-state index in [1.807, 2.05) is 46.6 Å². The fourth-order valence-corrected chi connectivity index (χ4v) is 3.69. The van der Waals surface area contributed by atoms with Crippen LogP contribution in [0.15, 0.2) is 36.8 Å². The van der Waals surface area contributed by atoms with Crippen molar-refractivity contribution in [1.82, 2.24) is 29.4 Å². The minimum atomic E-state index is -0.367. The summed E-state index contributed by atoms with van der Waals surface area (Å²) >= 11 is 0. The molecule has 1 atom stereocenters. The Kier molecular flexibility index (Phi) is 4.26. The van der Waals surface area contributed by atoms with Gasteiger partial charge in [-0.1, -0.05) is 6.07 Å². The summed E-state index contributed by atoms with van der Waals surface area (Å²) in [5, 5.41) is 7.51. The van der Waals surface area contributed by atoms with Gasteiger partial charge >= 0.3 is 0 Å². The molecule has 0 radical (unpaired) electrons. The van der Waals surface area contributed by atoms with Crippen LogP contribution in [-0.4, -0.2) is 43.1 Å². The van der Waals surface area contributed by atoms with Gasteiger partial charge in [0.25, 0.3) is 0 Å². The van der Waals surface area contributed by atoms with Gasteiger partial charge in [0, 0.05) is 37.6 Å². The van der Waals surface area contributed by atoms with Crippen LogP contribution >= 0.6 is 0 Å². The van der Waals surface area contributed by atoms with Crippen LogP contribution in [0, 0.1) is 6.92 Å². The molecule has 4 rings (SSSR count). The van der Waals surface area contributed by atoms with Crippen LogP contribution in [0.5, 0.6) is 0 Å². The molecule has 0 bridgehead atoms. The maximum Gasteiger partial charge on any atom is 0.243 e. The number of carbonyl (C=O) groups excluding carboxylic acids is 1. The van der Waals surface area contributed by atoms with E-state index >= 15 is 0 Å². The van der Waals surface area contributed by atoms with Gasteiger partial charge in [-0.25, -0.2) is 4.98 Å². The Balaban J connectivity index is 1.70. The molecule has 0 aromatic carbocycles. The second kappa shape index (κ2) is 6.49. The van der Waals surface area contributed by atoms with Crippen molar-refractivity contribution in [2.45, 2.75) is 45.8 Å². The summed E-state index contributed by atoms with van der Waals surface area (Å²) in [6, 6.07) is 5.53. The van der Waals surface area contributed by atoms with Crippen LogP contribution in [0.3, 0.4) is 0 Å². The number of hydrogen-bond acceptors (Lipinski definition) is 4. The lowest BCUT2D eigenvalue weighted by Crippen LogP contribution is -2.50. The molecule has 7 heteroatoms. The minimum absolute atomic E-state index is 0.0261. The molecular weight excluding hydrogens is 340 g/mol. The van der Waals surface area contributed by atoms with Gasteiger partial charge in [-0.15, -0.1) is 0 Å². The minimum Gasteiger partial charge on any atom is -0.353 e. The second-order valence-electron chi connectivity index (χ2n) is 8.14. The summed E-state index contributed by atoms with van der Waals surface area (Å²) in [6.07, 6.45) is 5.95. The van der Waals surface area contributed by atoms with Gasteiger partial charge in [0.05, 0.1) is 23.1 Å². The van der Waals surface area contributed by atoms with Crippen molar-refractivity contribution < 1.29 is 4.79 Å². The molecule has 0 aliphatic carbocycles. The number of fused-ring (bicyclic) bond motifs is 1. The molecule has 142 valence electrons. The average Bonchev–Trinajstić information content (AvgIpc) is 3.19. The van der Waals surface area contributed by atoms with Crippen molar-refractivity contribution in [2.24, 2.45) is 0 Å². The number of aromatic nitrogens is 4. The topological polar surface area (TPSA) is 67.5 Å². The molecule has 0 spiro atoms. The van der Waals surface area contributed by atoms with Gasteiger partial charge in [0.15, 0.2) is 0 Å². The fourth-order valence-electron chi connectivity index (χ4n) is 3.69. The summed E-state index contributed by atoms with van der Waals surface area (Å²) in [6.45, 7) is 10.5. The third-order valence-corrected chi connectivity index (χ3v) is 5.03. The molecule has 4 heterocycles. The molecule has 0 saturated carbocycles. The smallest absolute Gasteiger partial charge is 0.243 e. The van der Waals surface area contributed by atoms with Crippen molar-refractivity contribution in [3.8, 4) is 0 Å². The molecule has 3 aromatic rings. The third kappa shape index (κ3) is 3.23. The van der Waals surface area contributed by atoms with Crippen molar-refractivity contribution >= 4 is 11.6 Å². The Morgan fingerprint density at radius 2 is 2.11 bits per heavy atom. The van der Waals surface area contributed by atoms with Crippen LogP contribution in [0.25, 0.3) is 5.65 Å². The molecule has 1 N–H and O–H groups in total. The zero-order valence-electron chi connectivity index (χ0n) is 16.3. The van der Waals surface area contributed by atoms with Crippen molar-refractivity contribution in [1.29, 1.82) is 0 Å². The fraction of sp³-hybridized carbons (Fsp3) is 0.450. The average molecular weight is 366 g/mol. The first-order chi connectivity index (χ1) is 12.8. The van der Waals surface area contributed by atoms with E-state index < -0.39 is 0 Å². The summed E-state index contributed by atoms with van der Waals surface area (Å²) in [4.78, 5) is 19.7. The van der Waals surface area contributed by atoms with Crippen LogP contribution < -0.4 is 5.32 Å². The highest BCUT2D eigenvalue weighted by molar-refractivity contribution is 5.84. The summed E-state index contributed by atoms with van der Waals surface area (Å²) in [7, 11) is 0. The molecule has 1 saturated heterocycles. The van der Waals surface area contributed by atoms with Crippen LogP contribution in [0.2, 0.25) is 0 Å². The number of nitrogens with zero attached hydrogens (tertiary/aromatic N) is 5. The number of piperazine rings is 1. The Morgan fingerprint density at radius 3 is 2.85 bits per heavy atom. The standard InChI is InChI=1S/C20H26N6O/c1-14-17(25-9-6-5-7-16(25)23-14)18-19(27)21-8-10-24(18)12-15-11-22-26(13-15)20(2,3)4/h5-7,9,11,13,18H,8,10,12H2,1-4H3,(H,21,27). The number of nitrogens with one attached hydrogen (secondary N) is 1. The SMILES string of the molecule is Cc1nc2ccccn2c1C1C(=O)NCCN1Cc1cnn(C(C)(C)C)c1. The molecule has 1 unspecified atom stereocenters. The van der Waals surface area contributed by atoms with Crippen LogP contribution in [0.4, 0.5) is 0 Å². The molecule has 27 heavy (non-hydrogen) atoms. The lowest BCUT2D eigenvalue weighted by Gasteiger charge is -2.34. The first kappa shape index (κ1) is 17.7. The van der Waals surface area contributed by atoms with Gasteiger partial charge in [-0.2, -0.15) is 5.10 Å². The molecule has 1 aliphatic rings. The van der Waals surface area contributed by atoms with Gasteiger partial charge in [0.2, 0.25) is 5.91 Å². The number of aryl methyl sites for hydroxylation is 1. The van der Waals surface area contributed by atoms with Crippen molar-refractivity contribution in [3.63, 3.8) is 0 Å². The van der Waals surface area contributed by atoms with E-state index in [1.165, 1.54) is 0 Å². The summed E-state index contributed by atoms with van der Waals surface area (Å²) < 4.78 is 4.00. The van der Waals surface area contributed by atoms with E-state index in [1.54, 1.807) is 0 Å². The monoisotopic (exact) mass is 366 g/mol. The Hall–Kier alpha value is -2.67. The van der Waals surface area contributed by atoms with Gasteiger partial charge < -0.3 is 9.72 Å². The van der Waals surface area contributed by atoms with E-state index in [0.29, 0.717) is 13.1 Å². The zero-order chi connectivity index (χ0) is 19.2. The predicted molar refractivity (Wildman–Crippen MR) is 103 cm³/mol. The number of carbonyl (C=O) groups is 1. The number of imidazole rings is 1. The second-order valence-corrected chi connectivity index (χ2v) is 8.14. The molecule has 7 nitrogen and oxygen atoms in total. The van der Waals surface area contributed by atoms with Crippen LogP contribution in [-0.2, 0) is 16.9 Å². The van der Waals surface area contributed by atoms with Crippen molar-refractivity contribution in [3.05, 3.63) is 53.7 Å². The number of amides is 1. The summed E-state index contributed by atoms with van der Waals surface area (Å²) in [5.74, 6) is 0.0261. The number of hydrogen-bond donors (Lipinski definition) is 1. The van der Waals surface area contributed by atoms with E-state index in [-0.39, 0.29) is 17.5 Å². The largest absolute Gasteiger partial charge is 0.353 e. The number of rotatable bonds is 3. The quantitative estimate of drug-likeness (QED) is 0.772. The van der Waals surface area contributed by atoms with E-state index in [2.05, 4.69) is 47.3 Å². The molecule has 1 amide bonds. The maximum absolute atomic E-state index is 12.8. The lowest BCUT2D eigenvalue weighted by molar-refractivity contribution is -0.129. The highest BCUT2D eigenvalue weighted by Crippen LogP contribution is 2.28. The Morgan fingerprint density at radius 1 is 1.30 bits per heavy atom. The van der Waals surface area contributed by atoms with Gasteiger partial charge in [-0.3, -0.25) is 14.4 Å². The normalized spacial score (nSPS) is 18.8. The highest BCUT2D eigenvalue weighted by atomic mass is 16.2. The van der Waals surface area contributed by atoms with Crippen molar-refractivity contribution in [2.75, 3.05) is 13.1 Å².